The molecule has 0 heterocycles. The van der Waals surface area contributed by atoms with Gasteiger partial charge in [-0.15, -0.1) is 0 Å². The molecule has 3 saturated carbocycles. The third kappa shape index (κ3) is 17.0. The summed E-state index contributed by atoms with van der Waals surface area (Å²) >= 11 is 0. The maximum Gasteiger partial charge on any atom is 0.407 e. The summed E-state index contributed by atoms with van der Waals surface area (Å²) in [7, 11) is 0. The second kappa shape index (κ2) is 24.5. The molecule has 4 aliphatic carbocycles. The Kier molecular flexibility index (Phi) is 20.7. The summed E-state index contributed by atoms with van der Waals surface area (Å²) in [5.74, 6) is 4.69. The Labute approximate surface area is 397 Å². The molecule has 0 saturated heterocycles. The zero-order valence-electron chi connectivity index (χ0n) is 43.8. The monoisotopic (exact) mass is 912 g/mol. The van der Waals surface area contributed by atoms with Crippen LogP contribution in [-0.2, 0) is 23.8 Å². The molecule has 2 N–H and O–H groups in total. The van der Waals surface area contributed by atoms with Gasteiger partial charge in [-0.2, -0.15) is 0 Å². The number of ether oxygens (including phenoxy) is 3. The highest BCUT2D eigenvalue weighted by Crippen LogP contribution is 2.67. The molecule has 0 bridgehead atoms. The quantitative estimate of drug-likeness (QED) is 0.0453. The van der Waals surface area contributed by atoms with E-state index in [0.29, 0.717) is 37.8 Å². The zero-order valence-corrected chi connectivity index (χ0v) is 43.8. The smallest absolute Gasteiger partial charge is 0.407 e. The van der Waals surface area contributed by atoms with Crippen LogP contribution < -0.4 is 10.6 Å². The summed E-state index contributed by atoms with van der Waals surface area (Å²) in [5, 5.41) is 5.83. The van der Waals surface area contributed by atoms with Crippen molar-refractivity contribution in [2.24, 2.45) is 46.3 Å². The minimum Gasteiger partial charge on any atom is -0.462 e. The Hall–Kier alpha value is -2.78. The summed E-state index contributed by atoms with van der Waals surface area (Å²) < 4.78 is 17.0. The van der Waals surface area contributed by atoms with Crippen molar-refractivity contribution in [3.8, 4) is 0 Å². The predicted octanol–water partition coefficient (Wildman–Crippen LogP) is 13.5. The minimum absolute atomic E-state index is 0.0393. The van der Waals surface area contributed by atoms with E-state index in [1.165, 1.54) is 56.9 Å². The van der Waals surface area contributed by atoms with Crippen molar-refractivity contribution < 1.29 is 33.4 Å². The topological polar surface area (TPSA) is 123 Å². The van der Waals surface area contributed by atoms with Crippen LogP contribution >= 0.6 is 0 Å². The summed E-state index contributed by atoms with van der Waals surface area (Å²) in [6.45, 7) is 28.7. The van der Waals surface area contributed by atoms with Gasteiger partial charge in [0.05, 0.1) is 0 Å². The normalized spacial score (nSPS) is 27.8. The Morgan fingerprint density at radius 2 is 1.32 bits per heavy atom. The number of nitrogens with one attached hydrogen (secondary N) is 2. The van der Waals surface area contributed by atoms with Gasteiger partial charge in [-0.25, -0.2) is 9.59 Å². The van der Waals surface area contributed by atoms with Gasteiger partial charge in [0, 0.05) is 44.4 Å². The maximum atomic E-state index is 13.7. The van der Waals surface area contributed by atoms with Crippen molar-refractivity contribution in [1.82, 2.24) is 15.5 Å². The summed E-state index contributed by atoms with van der Waals surface area (Å²) in [6.07, 6.45) is 22.8. The van der Waals surface area contributed by atoms with Crippen molar-refractivity contribution in [3.63, 3.8) is 0 Å². The number of hydrogen-bond donors (Lipinski definition) is 2. The molecule has 0 aromatic carbocycles. The standard InChI is InChI=1S/C55H97N3O7/c1-38(2)21-19-22-39(3)45-28-29-46-44-27-26-42-37-43(30-33-54(42,12)47(44)31-34-55(45,46)13)63-49(60)25-20-24-48(59)58(36-32-41(5)57-51(62)65-53(9,10)11)35-18-16-14-15-17-23-40(4)56-50(61)64-52(6,7)8/h26,38-41,43-47H,14-25,27-37H2,1-13H3,(H,56,61)(H,57,62). The van der Waals surface area contributed by atoms with Gasteiger partial charge in [-0.1, -0.05) is 91.2 Å². The van der Waals surface area contributed by atoms with E-state index in [4.69, 9.17) is 14.2 Å². The highest BCUT2D eigenvalue weighted by atomic mass is 16.6. The van der Waals surface area contributed by atoms with Crippen LogP contribution in [0.1, 0.15) is 225 Å². The van der Waals surface area contributed by atoms with E-state index in [1.807, 2.05) is 60.3 Å². The first-order valence-corrected chi connectivity index (χ1v) is 26.6. The molecule has 0 spiro atoms. The third-order valence-electron chi connectivity index (χ3n) is 16.1. The average Bonchev–Trinajstić information content (AvgIpc) is 3.54. The first-order valence-electron chi connectivity index (χ1n) is 26.6. The molecule has 65 heavy (non-hydrogen) atoms. The molecule has 374 valence electrons. The number of nitrogens with zero attached hydrogens (tertiary/aromatic N) is 1. The lowest BCUT2D eigenvalue weighted by atomic mass is 9.47. The van der Waals surface area contributed by atoms with Crippen LogP contribution in [0.3, 0.4) is 0 Å². The van der Waals surface area contributed by atoms with Crippen molar-refractivity contribution in [2.75, 3.05) is 13.1 Å². The molecule has 10 heteroatoms. The zero-order chi connectivity index (χ0) is 48.2. The third-order valence-corrected chi connectivity index (χ3v) is 16.1. The van der Waals surface area contributed by atoms with Crippen LogP contribution in [0.2, 0.25) is 0 Å². The molecule has 4 rings (SSSR count). The van der Waals surface area contributed by atoms with Gasteiger partial charge < -0.3 is 29.7 Å². The fourth-order valence-electron chi connectivity index (χ4n) is 12.7. The average molecular weight is 912 g/mol. The summed E-state index contributed by atoms with van der Waals surface area (Å²) in [4.78, 5) is 53.4. The first-order chi connectivity index (χ1) is 30.4. The fourth-order valence-corrected chi connectivity index (χ4v) is 12.7. The van der Waals surface area contributed by atoms with E-state index in [1.54, 1.807) is 0 Å². The van der Waals surface area contributed by atoms with Crippen LogP contribution in [0, 0.1) is 46.3 Å². The van der Waals surface area contributed by atoms with E-state index in [-0.39, 0.29) is 48.0 Å². The number of rotatable bonds is 23. The number of fused-ring (bicyclic) bond motifs is 5. The van der Waals surface area contributed by atoms with Gasteiger partial charge in [0.15, 0.2) is 0 Å². The van der Waals surface area contributed by atoms with Crippen LogP contribution in [-0.4, -0.2) is 71.4 Å². The van der Waals surface area contributed by atoms with E-state index < -0.39 is 17.3 Å². The fraction of sp³-hybridized carbons (Fsp3) is 0.891. The molecular weight excluding hydrogens is 815 g/mol. The van der Waals surface area contributed by atoms with Crippen LogP contribution in [0.4, 0.5) is 9.59 Å². The van der Waals surface area contributed by atoms with Gasteiger partial charge in [-0.05, 0) is 172 Å². The highest BCUT2D eigenvalue weighted by molar-refractivity contribution is 5.77. The lowest BCUT2D eigenvalue weighted by Gasteiger charge is -2.58. The van der Waals surface area contributed by atoms with Crippen molar-refractivity contribution >= 4 is 24.1 Å². The van der Waals surface area contributed by atoms with Crippen LogP contribution in [0.15, 0.2) is 11.6 Å². The molecule has 0 aromatic rings. The maximum absolute atomic E-state index is 13.7. The predicted molar refractivity (Wildman–Crippen MR) is 263 cm³/mol. The second-order valence-electron chi connectivity index (χ2n) is 24.3. The molecule has 0 aliphatic heterocycles. The molecular formula is C55H97N3O7. The van der Waals surface area contributed by atoms with Gasteiger partial charge in [0.1, 0.15) is 17.3 Å². The summed E-state index contributed by atoms with van der Waals surface area (Å²) in [6, 6.07) is -0.125. The summed E-state index contributed by atoms with van der Waals surface area (Å²) in [5.41, 5.74) is 1.12. The molecule has 0 radical (unpaired) electrons. The number of hydrogen-bond acceptors (Lipinski definition) is 7. The second-order valence-corrected chi connectivity index (χ2v) is 24.3. The van der Waals surface area contributed by atoms with E-state index >= 15 is 0 Å². The lowest BCUT2D eigenvalue weighted by Crippen LogP contribution is -2.51. The number of amides is 3. The number of carbonyl (C=O) groups is 4. The Bertz CT molecular complexity index is 1560. The largest absolute Gasteiger partial charge is 0.462 e. The number of esters is 1. The van der Waals surface area contributed by atoms with Crippen molar-refractivity contribution in [1.29, 1.82) is 0 Å². The number of unbranched alkanes of at least 4 members (excludes halogenated alkanes) is 4. The molecule has 10 unspecified atom stereocenters. The number of allylic oxidation sites excluding steroid dienone is 1. The molecule has 10 atom stereocenters. The van der Waals surface area contributed by atoms with Crippen molar-refractivity contribution in [2.45, 2.75) is 254 Å². The van der Waals surface area contributed by atoms with E-state index in [0.717, 1.165) is 93.3 Å². The van der Waals surface area contributed by atoms with Gasteiger partial charge in [0.25, 0.3) is 0 Å². The molecule has 3 amide bonds. The van der Waals surface area contributed by atoms with Crippen molar-refractivity contribution in [3.05, 3.63) is 11.6 Å². The van der Waals surface area contributed by atoms with Gasteiger partial charge in [0.2, 0.25) is 5.91 Å². The van der Waals surface area contributed by atoms with Gasteiger partial charge in [-0.3, -0.25) is 9.59 Å². The molecule has 0 aromatic heterocycles. The molecule has 4 aliphatic rings. The number of carbonyl (C=O) groups excluding carboxylic acids is 4. The Morgan fingerprint density at radius 3 is 1.97 bits per heavy atom. The Balaban J connectivity index is 1.22. The SMILES string of the molecule is CC(C)CCCC(C)C1CCC2C3CC=C4CC(OC(=O)CCCC(=O)N(CCCCCCCC(C)NC(=O)OC(C)(C)C)CCC(C)NC(=O)OC(C)(C)C)CCC4(C)C3CCC12C. The first kappa shape index (κ1) is 54.8. The minimum atomic E-state index is -0.586. The van der Waals surface area contributed by atoms with Gasteiger partial charge >= 0.3 is 18.2 Å². The highest BCUT2D eigenvalue weighted by Gasteiger charge is 2.59. The van der Waals surface area contributed by atoms with E-state index in [2.05, 4.69) is 51.3 Å². The lowest BCUT2D eigenvalue weighted by molar-refractivity contribution is -0.151. The Morgan fingerprint density at radius 1 is 0.692 bits per heavy atom. The number of alkyl carbamates (subject to hydrolysis) is 2. The van der Waals surface area contributed by atoms with E-state index in [9.17, 15) is 19.2 Å². The van der Waals surface area contributed by atoms with Crippen LogP contribution in [0.25, 0.3) is 0 Å². The van der Waals surface area contributed by atoms with Crippen LogP contribution in [0.5, 0.6) is 0 Å². The molecule has 3 fully saturated rings. The molecule has 10 nitrogen and oxygen atoms in total.